The molecule has 2 aromatic rings. The molecule has 1 aromatic heterocycles. The second-order valence-corrected chi connectivity index (χ2v) is 6.00. The maximum Gasteiger partial charge on any atom is 0.256 e. The molecular formula is C15H12ClNOS. The number of fused-ring (bicyclic) bond motifs is 1. The van der Waals surface area contributed by atoms with Crippen LogP contribution in [0.25, 0.3) is 11.6 Å². The standard InChI is InChI=1S/C15H12ClNOS/c1-2-10-4-5-11(19-10)8-13-12-7-9(16)3-6-14(12)17-15(13)18/h3-8H,2H2,1H3,(H,17,18)/b13-8+. The highest BCUT2D eigenvalue weighted by Gasteiger charge is 2.24. The van der Waals surface area contributed by atoms with Gasteiger partial charge in [0.25, 0.3) is 5.91 Å². The molecule has 0 radical (unpaired) electrons. The molecule has 2 heterocycles. The number of hydrogen-bond donors (Lipinski definition) is 1. The van der Waals surface area contributed by atoms with Crippen molar-refractivity contribution in [2.24, 2.45) is 0 Å². The maximum absolute atomic E-state index is 12.0. The summed E-state index contributed by atoms with van der Waals surface area (Å²) in [4.78, 5) is 14.4. The van der Waals surface area contributed by atoms with Crippen LogP contribution in [0.2, 0.25) is 5.02 Å². The number of thiophene rings is 1. The summed E-state index contributed by atoms with van der Waals surface area (Å²) in [5.74, 6) is -0.0660. The number of anilines is 1. The number of amides is 1. The van der Waals surface area contributed by atoms with E-state index in [1.165, 1.54) is 4.88 Å². The second kappa shape index (κ2) is 4.83. The Balaban J connectivity index is 2.06. The molecule has 0 saturated heterocycles. The van der Waals surface area contributed by atoms with Crippen LogP contribution < -0.4 is 5.32 Å². The Morgan fingerprint density at radius 3 is 2.89 bits per heavy atom. The van der Waals surface area contributed by atoms with E-state index in [-0.39, 0.29) is 5.91 Å². The van der Waals surface area contributed by atoms with Gasteiger partial charge in [0.1, 0.15) is 0 Å². The molecule has 0 atom stereocenters. The molecule has 0 fully saturated rings. The van der Waals surface area contributed by atoms with Gasteiger partial charge in [0.05, 0.1) is 5.57 Å². The first kappa shape index (κ1) is 12.5. The maximum atomic E-state index is 12.0. The van der Waals surface area contributed by atoms with E-state index in [0.29, 0.717) is 10.6 Å². The summed E-state index contributed by atoms with van der Waals surface area (Å²) in [6.45, 7) is 2.13. The number of benzene rings is 1. The van der Waals surface area contributed by atoms with Gasteiger partial charge in [-0.05, 0) is 42.8 Å². The van der Waals surface area contributed by atoms with Crippen molar-refractivity contribution < 1.29 is 4.79 Å². The molecule has 4 heteroatoms. The van der Waals surface area contributed by atoms with Gasteiger partial charge in [-0.1, -0.05) is 18.5 Å². The largest absolute Gasteiger partial charge is 0.321 e. The van der Waals surface area contributed by atoms with Crippen LogP contribution in [-0.4, -0.2) is 5.91 Å². The van der Waals surface area contributed by atoms with Gasteiger partial charge in [-0.2, -0.15) is 0 Å². The van der Waals surface area contributed by atoms with Gasteiger partial charge >= 0.3 is 0 Å². The van der Waals surface area contributed by atoms with Crippen molar-refractivity contribution in [3.05, 3.63) is 50.7 Å². The molecular weight excluding hydrogens is 278 g/mol. The predicted octanol–water partition coefficient (Wildman–Crippen LogP) is 4.46. The second-order valence-electron chi connectivity index (χ2n) is 4.36. The Morgan fingerprint density at radius 1 is 1.32 bits per heavy atom. The minimum Gasteiger partial charge on any atom is -0.321 e. The number of nitrogens with one attached hydrogen (secondary N) is 1. The van der Waals surface area contributed by atoms with E-state index in [9.17, 15) is 4.79 Å². The van der Waals surface area contributed by atoms with Gasteiger partial charge in [0, 0.05) is 26.0 Å². The normalized spacial score (nSPS) is 15.7. The number of hydrogen-bond acceptors (Lipinski definition) is 2. The highest BCUT2D eigenvalue weighted by atomic mass is 35.5. The van der Waals surface area contributed by atoms with Crippen molar-refractivity contribution in [2.75, 3.05) is 5.32 Å². The SMILES string of the molecule is CCc1ccc(/C=C2/C(=O)Nc3ccc(Cl)cc32)s1. The molecule has 1 N–H and O–H groups in total. The summed E-state index contributed by atoms with van der Waals surface area (Å²) in [6.07, 6.45) is 2.95. The number of rotatable bonds is 2. The topological polar surface area (TPSA) is 29.1 Å². The van der Waals surface area contributed by atoms with Crippen molar-refractivity contribution in [2.45, 2.75) is 13.3 Å². The quantitative estimate of drug-likeness (QED) is 0.813. The van der Waals surface area contributed by atoms with Gasteiger partial charge in [0.15, 0.2) is 0 Å². The Labute approximate surface area is 120 Å². The van der Waals surface area contributed by atoms with Gasteiger partial charge in [-0.3, -0.25) is 4.79 Å². The molecule has 0 saturated carbocycles. The third kappa shape index (κ3) is 2.31. The molecule has 1 aliphatic heterocycles. The average Bonchev–Trinajstić information content (AvgIpc) is 2.96. The summed E-state index contributed by atoms with van der Waals surface area (Å²) in [7, 11) is 0. The Hall–Kier alpha value is -1.58. The fourth-order valence-corrected chi connectivity index (χ4v) is 3.18. The molecule has 19 heavy (non-hydrogen) atoms. The minimum atomic E-state index is -0.0660. The van der Waals surface area contributed by atoms with Crippen LogP contribution >= 0.6 is 22.9 Å². The van der Waals surface area contributed by atoms with Crippen LogP contribution in [0.1, 0.15) is 22.2 Å². The van der Waals surface area contributed by atoms with Gasteiger partial charge < -0.3 is 5.32 Å². The number of carbonyl (C=O) groups is 1. The number of aryl methyl sites for hydroxylation is 1. The van der Waals surface area contributed by atoms with Gasteiger partial charge in [0.2, 0.25) is 0 Å². The fourth-order valence-electron chi connectivity index (χ4n) is 2.11. The van der Waals surface area contributed by atoms with E-state index in [1.807, 2.05) is 24.3 Å². The van der Waals surface area contributed by atoms with Crippen molar-refractivity contribution in [3.8, 4) is 0 Å². The van der Waals surface area contributed by atoms with Crippen LogP contribution in [0, 0.1) is 0 Å². The van der Waals surface area contributed by atoms with Crippen molar-refractivity contribution >= 4 is 46.2 Å². The molecule has 1 aliphatic rings. The molecule has 0 unspecified atom stereocenters. The molecule has 96 valence electrons. The monoisotopic (exact) mass is 289 g/mol. The van der Waals surface area contributed by atoms with Crippen molar-refractivity contribution in [3.63, 3.8) is 0 Å². The Morgan fingerprint density at radius 2 is 2.16 bits per heavy atom. The molecule has 3 rings (SSSR count). The zero-order valence-corrected chi connectivity index (χ0v) is 11.9. The van der Waals surface area contributed by atoms with Crippen LogP contribution in [0.5, 0.6) is 0 Å². The zero-order valence-electron chi connectivity index (χ0n) is 10.4. The lowest BCUT2D eigenvalue weighted by molar-refractivity contribution is -0.110. The van der Waals surface area contributed by atoms with E-state index >= 15 is 0 Å². The van der Waals surface area contributed by atoms with E-state index < -0.39 is 0 Å². The highest BCUT2D eigenvalue weighted by Crippen LogP contribution is 2.35. The lowest BCUT2D eigenvalue weighted by Gasteiger charge is -1.98. The van der Waals surface area contributed by atoms with Crippen LogP contribution in [0.3, 0.4) is 0 Å². The third-order valence-corrected chi connectivity index (χ3v) is 4.49. The van der Waals surface area contributed by atoms with Gasteiger partial charge in [-0.15, -0.1) is 11.3 Å². The first-order chi connectivity index (χ1) is 9.17. The lowest BCUT2D eigenvalue weighted by atomic mass is 10.1. The summed E-state index contributed by atoms with van der Waals surface area (Å²) in [6, 6.07) is 9.59. The predicted molar refractivity (Wildman–Crippen MR) is 81.6 cm³/mol. The van der Waals surface area contributed by atoms with E-state index in [4.69, 9.17) is 11.6 Å². The van der Waals surface area contributed by atoms with E-state index in [0.717, 1.165) is 22.5 Å². The van der Waals surface area contributed by atoms with Crippen LogP contribution in [0.4, 0.5) is 5.69 Å². The Kier molecular flexibility index (Phi) is 3.17. The average molecular weight is 290 g/mol. The summed E-state index contributed by atoms with van der Waals surface area (Å²) in [5, 5.41) is 3.49. The molecule has 2 nitrogen and oxygen atoms in total. The van der Waals surface area contributed by atoms with Crippen LogP contribution in [-0.2, 0) is 11.2 Å². The third-order valence-electron chi connectivity index (χ3n) is 3.08. The summed E-state index contributed by atoms with van der Waals surface area (Å²) < 4.78 is 0. The number of halogens is 1. The lowest BCUT2D eigenvalue weighted by Crippen LogP contribution is -2.03. The van der Waals surface area contributed by atoms with Crippen LogP contribution in [0.15, 0.2) is 30.3 Å². The van der Waals surface area contributed by atoms with Crippen molar-refractivity contribution in [1.29, 1.82) is 0 Å². The first-order valence-corrected chi connectivity index (χ1v) is 7.28. The van der Waals surface area contributed by atoms with Gasteiger partial charge in [-0.25, -0.2) is 0 Å². The molecule has 1 aromatic carbocycles. The fraction of sp³-hybridized carbons (Fsp3) is 0.133. The molecule has 0 bridgehead atoms. The molecule has 0 spiro atoms. The van der Waals surface area contributed by atoms with E-state index in [1.54, 1.807) is 17.4 Å². The smallest absolute Gasteiger partial charge is 0.256 e. The summed E-state index contributed by atoms with van der Waals surface area (Å²) in [5.41, 5.74) is 2.39. The molecule has 1 amide bonds. The van der Waals surface area contributed by atoms with Crippen molar-refractivity contribution in [1.82, 2.24) is 0 Å². The van der Waals surface area contributed by atoms with E-state index in [2.05, 4.69) is 18.3 Å². The molecule has 0 aliphatic carbocycles. The number of carbonyl (C=O) groups excluding carboxylic acids is 1. The highest BCUT2D eigenvalue weighted by molar-refractivity contribution is 7.13. The zero-order chi connectivity index (χ0) is 13.4. The summed E-state index contributed by atoms with van der Waals surface area (Å²) >= 11 is 7.71. The minimum absolute atomic E-state index is 0.0660. The Bertz CT molecular complexity index is 687. The first-order valence-electron chi connectivity index (χ1n) is 6.09.